The van der Waals surface area contributed by atoms with Crippen LogP contribution in [0.4, 0.5) is 0 Å². The van der Waals surface area contributed by atoms with Gasteiger partial charge in [0.25, 0.3) is 0 Å². The number of carbonyl (C=O) groups is 1. The third-order valence-electron chi connectivity index (χ3n) is 2.00. The Hall–Kier alpha value is -0.610. The molecule has 0 radical (unpaired) electrons. The molecule has 1 saturated heterocycles. The van der Waals surface area contributed by atoms with Crippen molar-refractivity contribution in [3.05, 3.63) is 0 Å². The van der Waals surface area contributed by atoms with Crippen molar-refractivity contribution in [1.29, 1.82) is 0 Å². The van der Waals surface area contributed by atoms with Crippen molar-refractivity contribution in [2.24, 2.45) is 0 Å². The van der Waals surface area contributed by atoms with Crippen molar-refractivity contribution < 1.29 is 19.0 Å². The van der Waals surface area contributed by atoms with Crippen LogP contribution in [0.1, 0.15) is 26.7 Å². The number of hydrogen-bond acceptors (Lipinski definition) is 4. The lowest BCUT2D eigenvalue weighted by atomic mass is 10.1. The molecule has 1 rings (SSSR count). The highest BCUT2D eigenvalue weighted by atomic mass is 16.7. The Morgan fingerprint density at radius 2 is 2.15 bits per heavy atom. The molecule has 4 heteroatoms. The van der Waals surface area contributed by atoms with Crippen LogP contribution < -0.4 is 0 Å². The van der Waals surface area contributed by atoms with Gasteiger partial charge < -0.3 is 14.2 Å². The Balaban J connectivity index is 2.26. The summed E-state index contributed by atoms with van der Waals surface area (Å²) in [7, 11) is 0. The number of ether oxygens (including phenoxy) is 3. The van der Waals surface area contributed by atoms with E-state index >= 15 is 0 Å². The average Bonchev–Trinajstić information content (AvgIpc) is 2.49. The summed E-state index contributed by atoms with van der Waals surface area (Å²) in [5, 5.41) is 0. The van der Waals surface area contributed by atoms with E-state index < -0.39 is 0 Å². The van der Waals surface area contributed by atoms with E-state index in [4.69, 9.17) is 14.2 Å². The molecule has 1 heterocycles. The molecule has 1 aliphatic heterocycles. The largest absolute Gasteiger partial charge is 0.463 e. The maximum absolute atomic E-state index is 10.5. The summed E-state index contributed by atoms with van der Waals surface area (Å²) in [4.78, 5) is 10.5. The molecule has 0 saturated carbocycles. The first-order valence-corrected chi connectivity index (χ1v) is 4.60. The second kappa shape index (κ2) is 5.19. The second-order valence-corrected chi connectivity index (χ2v) is 3.12. The van der Waals surface area contributed by atoms with Crippen molar-refractivity contribution in [3.8, 4) is 0 Å². The Labute approximate surface area is 78.2 Å². The number of hydrogen-bond donors (Lipinski definition) is 0. The summed E-state index contributed by atoms with van der Waals surface area (Å²) in [5.74, 6) is -0.272. The van der Waals surface area contributed by atoms with Gasteiger partial charge in [0.15, 0.2) is 0 Å². The van der Waals surface area contributed by atoms with Gasteiger partial charge in [-0.05, 0) is 6.42 Å². The molecule has 1 fully saturated rings. The molecule has 0 aromatic carbocycles. The summed E-state index contributed by atoms with van der Waals surface area (Å²) in [6.07, 6.45) is 2.00. The van der Waals surface area contributed by atoms with E-state index in [1.165, 1.54) is 6.92 Å². The van der Waals surface area contributed by atoms with Gasteiger partial charge in [0.1, 0.15) is 19.5 Å². The zero-order chi connectivity index (χ0) is 9.68. The van der Waals surface area contributed by atoms with Crippen molar-refractivity contribution in [2.75, 3.05) is 13.4 Å². The quantitative estimate of drug-likeness (QED) is 0.619. The molecule has 2 atom stereocenters. The standard InChI is InChI=1S/C9H16O4/c1-3-4-8-9(13-6-12-8)5-11-7(2)10/h8-9H,3-6H2,1-2H3/t8?,9-/m0/s1. The minimum Gasteiger partial charge on any atom is -0.463 e. The van der Waals surface area contributed by atoms with Crippen LogP contribution in [0.5, 0.6) is 0 Å². The molecule has 0 spiro atoms. The van der Waals surface area contributed by atoms with Gasteiger partial charge in [-0.2, -0.15) is 0 Å². The van der Waals surface area contributed by atoms with Crippen LogP contribution in [0, 0.1) is 0 Å². The lowest BCUT2D eigenvalue weighted by Gasteiger charge is -2.15. The van der Waals surface area contributed by atoms with E-state index in [-0.39, 0.29) is 18.2 Å². The lowest BCUT2D eigenvalue weighted by Crippen LogP contribution is -2.28. The predicted octanol–water partition coefficient (Wildman–Crippen LogP) is 1.09. The van der Waals surface area contributed by atoms with Crippen LogP contribution in [0.2, 0.25) is 0 Å². The number of rotatable bonds is 4. The minimum absolute atomic E-state index is 0.0798. The van der Waals surface area contributed by atoms with Crippen LogP contribution in [-0.2, 0) is 19.0 Å². The normalized spacial score (nSPS) is 27.5. The molecule has 0 amide bonds. The van der Waals surface area contributed by atoms with Gasteiger partial charge in [-0.15, -0.1) is 0 Å². The van der Waals surface area contributed by atoms with Crippen molar-refractivity contribution in [1.82, 2.24) is 0 Å². The molecule has 0 N–H and O–H groups in total. The summed E-state index contributed by atoms with van der Waals surface area (Å²) in [5.41, 5.74) is 0. The Bertz CT molecular complexity index is 169. The van der Waals surface area contributed by atoms with E-state index in [0.717, 1.165) is 12.8 Å². The smallest absolute Gasteiger partial charge is 0.302 e. The van der Waals surface area contributed by atoms with Gasteiger partial charge in [0.05, 0.1) is 6.10 Å². The SMILES string of the molecule is CCCC1OCO[C@H]1COC(C)=O. The highest BCUT2D eigenvalue weighted by Crippen LogP contribution is 2.17. The van der Waals surface area contributed by atoms with Gasteiger partial charge in [-0.25, -0.2) is 0 Å². The number of carbonyl (C=O) groups excluding carboxylic acids is 1. The molecule has 13 heavy (non-hydrogen) atoms. The van der Waals surface area contributed by atoms with Gasteiger partial charge in [0.2, 0.25) is 0 Å². The molecular formula is C9H16O4. The second-order valence-electron chi connectivity index (χ2n) is 3.12. The van der Waals surface area contributed by atoms with Crippen molar-refractivity contribution in [2.45, 2.75) is 38.9 Å². The molecule has 4 nitrogen and oxygen atoms in total. The van der Waals surface area contributed by atoms with Crippen LogP contribution in [0.3, 0.4) is 0 Å². The van der Waals surface area contributed by atoms with E-state index in [1.807, 2.05) is 0 Å². The van der Waals surface area contributed by atoms with Crippen LogP contribution >= 0.6 is 0 Å². The predicted molar refractivity (Wildman–Crippen MR) is 46.2 cm³/mol. The monoisotopic (exact) mass is 188 g/mol. The van der Waals surface area contributed by atoms with Crippen LogP contribution in [0.25, 0.3) is 0 Å². The molecule has 76 valence electrons. The fourth-order valence-electron chi connectivity index (χ4n) is 1.34. The molecule has 1 aliphatic rings. The summed E-state index contributed by atoms with van der Waals surface area (Å²) in [6.45, 7) is 4.10. The average molecular weight is 188 g/mol. The van der Waals surface area contributed by atoms with E-state index in [0.29, 0.717) is 13.4 Å². The third kappa shape index (κ3) is 3.32. The lowest BCUT2D eigenvalue weighted by molar-refractivity contribution is -0.144. The first kappa shape index (κ1) is 10.5. The first-order chi connectivity index (χ1) is 6.24. The molecular weight excluding hydrogens is 172 g/mol. The zero-order valence-corrected chi connectivity index (χ0v) is 8.12. The van der Waals surface area contributed by atoms with Gasteiger partial charge in [-0.3, -0.25) is 4.79 Å². The van der Waals surface area contributed by atoms with Gasteiger partial charge in [-0.1, -0.05) is 13.3 Å². The highest BCUT2D eigenvalue weighted by Gasteiger charge is 2.29. The molecule has 1 unspecified atom stereocenters. The maximum Gasteiger partial charge on any atom is 0.302 e. The summed E-state index contributed by atoms with van der Waals surface area (Å²) in [6, 6.07) is 0. The van der Waals surface area contributed by atoms with Crippen LogP contribution in [-0.4, -0.2) is 31.6 Å². The fourth-order valence-corrected chi connectivity index (χ4v) is 1.34. The van der Waals surface area contributed by atoms with E-state index in [9.17, 15) is 4.79 Å². The minimum atomic E-state index is -0.272. The molecule has 0 bridgehead atoms. The Morgan fingerprint density at radius 1 is 1.46 bits per heavy atom. The number of esters is 1. The highest BCUT2D eigenvalue weighted by molar-refractivity contribution is 5.65. The first-order valence-electron chi connectivity index (χ1n) is 4.60. The molecule has 0 aromatic heterocycles. The third-order valence-corrected chi connectivity index (χ3v) is 2.00. The summed E-state index contributed by atoms with van der Waals surface area (Å²) < 4.78 is 15.5. The van der Waals surface area contributed by atoms with E-state index in [1.54, 1.807) is 0 Å². The van der Waals surface area contributed by atoms with Gasteiger partial charge in [0, 0.05) is 6.92 Å². The molecule has 0 aromatic rings. The van der Waals surface area contributed by atoms with Crippen molar-refractivity contribution in [3.63, 3.8) is 0 Å². The van der Waals surface area contributed by atoms with Gasteiger partial charge >= 0.3 is 5.97 Å². The topological polar surface area (TPSA) is 44.8 Å². The van der Waals surface area contributed by atoms with Crippen molar-refractivity contribution >= 4 is 5.97 Å². The van der Waals surface area contributed by atoms with E-state index in [2.05, 4.69) is 6.92 Å². The molecule has 0 aliphatic carbocycles. The van der Waals surface area contributed by atoms with Crippen LogP contribution in [0.15, 0.2) is 0 Å². The Morgan fingerprint density at radius 3 is 2.77 bits per heavy atom. The Kier molecular flexibility index (Phi) is 4.18. The zero-order valence-electron chi connectivity index (χ0n) is 8.12. The fraction of sp³-hybridized carbons (Fsp3) is 0.889. The maximum atomic E-state index is 10.5. The summed E-state index contributed by atoms with van der Waals surface area (Å²) >= 11 is 0.